The summed E-state index contributed by atoms with van der Waals surface area (Å²) in [6.07, 6.45) is 6.91. The van der Waals surface area contributed by atoms with Crippen LogP contribution in [0.2, 0.25) is 0 Å². The predicted molar refractivity (Wildman–Crippen MR) is 85.0 cm³/mol. The van der Waals surface area contributed by atoms with E-state index in [1.165, 1.54) is 44.3 Å². The summed E-state index contributed by atoms with van der Waals surface area (Å²) < 4.78 is 0. The zero-order valence-corrected chi connectivity index (χ0v) is 13.6. The van der Waals surface area contributed by atoms with Gasteiger partial charge < -0.3 is 5.32 Å². The van der Waals surface area contributed by atoms with E-state index in [2.05, 4.69) is 34.4 Å². The Balaban J connectivity index is 1.73. The third-order valence-electron chi connectivity index (χ3n) is 5.09. The Kier molecular flexibility index (Phi) is 4.43. The van der Waals surface area contributed by atoms with Crippen molar-refractivity contribution in [1.82, 2.24) is 15.2 Å². The van der Waals surface area contributed by atoms with E-state index in [0.29, 0.717) is 17.5 Å². The number of nitrogens with zero attached hydrogens (tertiary/aromatic N) is 2. The molecule has 2 heterocycles. The number of piperazine rings is 1. The first-order valence-corrected chi connectivity index (χ1v) is 8.99. The number of rotatable bonds is 3. The van der Waals surface area contributed by atoms with Crippen molar-refractivity contribution < 1.29 is 0 Å². The Labute approximate surface area is 126 Å². The van der Waals surface area contributed by atoms with Crippen LogP contribution in [0.15, 0.2) is 10.9 Å². The Bertz CT molecular complexity index is 409. The monoisotopic (exact) mass is 293 g/mol. The lowest BCUT2D eigenvalue weighted by molar-refractivity contribution is 0.0302. The lowest BCUT2D eigenvalue weighted by Crippen LogP contribution is -2.65. The van der Waals surface area contributed by atoms with Crippen molar-refractivity contribution in [3.8, 4) is 0 Å². The molecular weight excluding hydrogens is 266 g/mol. The molecule has 1 aromatic heterocycles. The van der Waals surface area contributed by atoms with Crippen LogP contribution in [-0.2, 0) is 6.54 Å². The highest BCUT2D eigenvalue weighted by Gasteiger charge is 2.40. The van der Waals surface area contributed by atoms with Crippen LogP contribution in [0.3, 0.4) is 0 Å². The number of nitrogens with one attached hydrogen (secondary N) is 1. The van der Waals surface area contributed by atoms with Gasteiger partial charge in [-0.3, -0.25) is 4.90 Å². The normalized spacial score (nSPS) is 27.2. The van der Waals surface area contributed by atoms with Gasteiger partial charge in [0.05, 0.1) is 11.2 Å². The van der Waals surface area contributed by atoms with Crippen molar-refractivity contribution in [2.24, 2.45) is 5.92 Å². The summed E-state index contributed by atoms with van der Waals surface area (Å²) in [6.45, 7) is 8.06. The van der Waals surface area contributed by atoms with Crippen molar-refractivity contribution in [3.63, 3.8) is 0 Å². The van der Waals surface area contributed by atoms with Crippen LogP contribution in [-0.4, -0.2) is 34.6 Å². The van der Waals surface area contributed by atoms with Gasteiger partial charge in [0.2, 0.25) is 0 Å². The second-order valence-electron chi connectivity index (χ2n) is 6.92. The second-order valence-corrected chi connectivity index (χ2v) is 7.64. The predicted octanol–water partition coefficient (Wildman–Crippen LogP) is 3.28. The molecular formula is C16H27N3S. The number of hydrogen-bond acceptors (Lipinski definition) is 4. The maximum Gasteiger partial charge on any atom is 0.0795 e. The van der Waals surface area contributed by atoms with E-state index in [9.17, 15) is 0 Å². The number of thiazole rings is 1. The molecule has 3 nitrogen and oxygen atoms in total. The van der Waals surface area contributed by atoms with E-state index in [0.717, 1.165) is 13.1 Å². The third-order valence-corrected chi connectivity index (χ3v) is 5.73. The molecule has 2 fully saturated rings. The maximum absolute atomic E-state index is 4.49. The summed E-state index contributed by atoms with van der Waals surface area (Å²) in [4.78, 5) is 7.19. The summed E-state index contributed by atoms with van der Waals surface area (Å²) >= 11 is 1.71. The molecule has 1 aliphatic heterocycles. The molecule has 0 amide bonds. The minimum atomic E-state index is 0.389. The van der Waals surface area contributed by atoms with E-state index < -0.39 is 0 Å². The number of hydrogen-bond donors (Lipinski definition) is 1. The molecule has 0 bridgehead atoms. The molecule has 4 heteroatoms. The average Bonchev–Trinajstić information content (AvgIpc) is 2.92. The molecule has 1 aromatic rings. The Morgan fingerprint density at radius 1 is 1.40 bits per heavy atom. The SMILES string of the molecule is CC(C)C1CNC2(CCCCC2)CN1Cc1cscn1. The molecule has 1 spiro atoms. The van der Waals surface area contributed by atoms with Gasteiger partial charge >= 0.3 is 0 Å². The Hall–Kier alpha value is -0.450. The fourth-order valence-corrected chi connectivity index (χ4v) is 4.48. The van der Waals surface area contributed by atoms with E-state index in [1.807, 2.05) is 5.51 Å². The first-order chi connectivity index (χ1) is 9.69. The summed E-state index contributed by atoms with van der Waals surface area (Å²) in [5.74, 6) is 0.696. The summed E-state index contributed by atoms with van der Waals surface area (Å²) in [6, 6.07) is 0.643. The first-order valence-electron chi connectivity index (χ1n) is 8.05. The van der Waals surface area contributed by atoms with Crippen molar-refractivity contribution in [3.05, 3.63) is 16.6 Å². The van der Waals surface area contributed by atoms with Crippen LogP contribution in [0, 0.1) is 5.92 Å². The van der Waals surface area contributed by atoms with Crippen molar-refractivity contribution in [2.75, 3.05) is 13.1 Å². The van der Waals surface area contributed by atoms with Crippen LogP contribution in [0.1, 0.15) is 51.6 Å². The molecule has 1 aliphatic carbocycles. The minimum Gasteiger partial charge on any atom is -0.308 e. The standard InChI is InChI=1S/C16H27N3S/c1-13(2)15-8-18-16(6-4-3-5-7-16)11-19(15)9-14-10-20-12-17-14/h10,12-13,15,18H,3-9,11H2,1-2H3. The maximum atomic E-state index is 4.49. The second kappa shape index (κ2) is 6.12. The minimum absolute atomic E-state index is 0.389. The van der Waals surface area contributed by atoms with Gasteiger partial charge in [-0.05, 0) is 18.8 Å². The molecule has 1 atom stereocenters. The largest absolute Gasteiger partial charge is 0.308 e. The molecule has 0 radical (unpaired) electrons. The zero-order valence-electron chi connectivity index (χ0n) is 12.8. The van der Waals surface area contributed by atoms with Crippen molar-refractivity contribution >= 4 is 11.3 Å². The van der Waals surface area contributed by atoms with Crippen LogP contribution in [0.5, 0.6) is 0 Å². The molecule has 0 aromatic carbocycles. The van der Waals surface area contributed by atoms with E-state index in [-0.39, 0.29) is 0 Å². The molecule has 20 heavy (non-hydrogen) atoms. The van der Waals surface area contributed by atoms with Gasteiger partial charge in [-0.1, -0.05) is 33.1 Å². The Morgan fingerprint density at radius 3 is 2.85 bits per heavy atom. The van der Waals surface area contributed by atoms with E-state index in [1.54, 1.807) is 11.3 Å². The summed E-state index contributed by atoms with van der Waals surface area (Å²) in [5, 5.41) is 6.12. The van der Waals surface area contributed by atoms with Gasteiger partial charge in [0.1, 0.15) is 0 Å². The van der Waals surface area contributed by atoms with Gasteiger partial charge in [-0.2, -0.15) is 0 Å². The van der Waals surface area contributed by atoms with Crippen LogP contribution >= 0.6 is 11.3 Å². The first kappa shape index (κ1) is 14.5. The average molecular weight is 293 g/mol. The molecule has 3 rings (SSSR count). The molecule has 1 saturated heterocycles. The smallest absolute Gasteiger partial charge is 0.0795 e. The van der Waals surface area contributed by atoms with Crippen molar-refractivity contribution in [2.45, 2.75) is 64.1 Å². The van der Waals surface area contributed by atoms with Gasteiger partial charge in [0, 0.05) is 36.6 Å². The topological polar surface area (TPSA) is 28.2 Å². The molecule has 1 saturated carbocycles. The highest BCUT2D eigenvalue weighted by Crippen LogP contribution is 2.33. The van der Waals surface area contributed by atoms with Gasteiger partial charge in [-0.25, -0.2) is 4.98 Å². The van der Waals surface area contributed by atoms with Gasteiger partial charge in [0.25, 0.3) is 0 Å². The zero-order chi connectivity index (χ0) is 14.0. The van der Waals surface area contributed by atoms with Gasteiger partial charge in [0.15, 0.2) is 0 Å². The Morgan fingerprint density at radius 2 is 2.20 bits per heavy atom. The van der Waals surface area contributed by atoms with Crippen LogP contribution in [0.25, 0.3) is 0 Å². The third kappa shape index (κ3) is 3.07. The molecule has 112 valence electrons. The highest BCUT2D eigenvalue weighted by atomic mass is 32.1. The summed E-state index contributed by atoms with van der Waals surface area (Å²) in [7, 11) is 0. The van der Waals surface area contributed by atoms with Crippen LogP contribution < -0.4 is 5.32 Å². The van der Waals surface area contributed by atoms with E-state index in [4.69, 9.17) is 0 Å². The fraction of sp³-hybridized carbons (Fsp3) is 0.812. The van der Waals surface area contributed by atoms with Crippen LogP contribution in [0.4, 0.5) is 0 Å². The molecule has 1 N–H and O–H groups in total. The lowest BCUT2D eigenvalue weighted by Gasteiger charge is -2.50. The quantitative estimate of drug-likeness (QED) is 0.927. The summed E-state index contributed by atoms with van der Waals surface area (Å²) in [5.41, 5.74) is 3.59. The fourth-order valence-electron chi connectivity index (χ4n) is 3.93. The molecule has 1 unspecified atom stereocenters. The van der Waals surface area contributed by atoms with Crippen molar-refractivity contribution in [1.29, 1.82) is 0 Å². The number of aromatic nitrogens is 1. The van der Waals surface area contributed by atoms with E-state index >= 15 is 0 Å². The van der Waals surface area contributed by atoms with Gasteiger partial charge in [-0.15, -0.1) is 11.3 Å². The highest BCUT2D eigenvalue weighted by molar-refractivity contribution is 7.07. The lowest BCUT2D eigenvalue weighted by atomic mass is 9.78. The molecule has 2 aliphatic rings.